The van der Waals surface area contributed by atoms with Crippen molar-refractivity contribution < 1.29 is 9.59 Å². The first-order valence-corrected chi connectivity index (χ1v) is 15.2. The van der Waals surface area contributed by atoms with Gasteiger partial charge >= 0.3 is 0 Å². The van der Waals surface area contributed by atoms with Crippen LogP contribution in [0.5, 0.6) is 0 Å². The van der Waals surface area contributed by atoms with Gasteiger partial charge < -0.3 is 20.9 Å². The molecule has 0 fully saturated rings. The minimum absolute atomic E-state index is 0.236. The van der Waals surface area contributed by atoms with E-state index in [9.17, 15) is 9.59 Å². The number of nitrogens with one attached hydrogen (secondary N) is 3. The highest BCUT2D eigenvalue weighted by atomic mass is 35.5. The molecule has 10 nitrogen and oxygen atoms in total. The van der Waals surface area contributed by atoms with Gasteiger partial charge in [-0.3, -0.25) is 9.59 Å². The SMILES string of the molecule is CN(C)C/C=C/C(=O)Nc1ccc(C(=O)Nc2cccc(Nc3ncc(Cl)c(-c4c(-c5ccccc5)nn5ccccc45)n3)c2)cc1. The van der Waals surface area contributed by atoms with E-state index in [0.717, 1.165) is 22.3 Å². The fourth-order valence-electron chi connectivity index (χ4n) is 4.90. The van der Waals surface area contributed by atoms with Gasteiger partial charge in [0.25, 0.3) is 5.91 Å². The van der Waals surface area contributed by atoms with Gasteiger partial charge in [0.15, 0.2) is 0 Å². The number of hydrogen-bond acceptors (Lipinski definition) is 7. The Morgan fingerprint density at radius 2 is 1.62 bits per heavy atom. The van der Waals surface area contributed by atoms with E-state index in [1.54, 1.807) is 48.7 Å². The number of carbonyl (C=O) groups is 2. The minimum atomic E-state index is -0.294. The molecule has 6 aromatic rings. The van der Waals surface area contributed by atoms with Crippen LogP contribution in [0.2, 0.25) is 5.02 Å². The van der Waals surface area contributed by atoms with Crippen LogP contribution >= 0.6 is 11.6 Å². The lowest BCUT2D eigenvalue weighted by Crippen LogP contribution is -2.13. The van der Waals surface area contributed by atoms with Crippen LogP contribution in [0.25, 0.3) is 28.0 Å². The van der Waals surface area contributed by atoms with E-state index in [2.05, 4.69) is 20.9 Å². The Morgan fingerprint density at radius 1 is 0.851 bits per heavy atom. The predicted octanol–water partition coefficient (Wildman–Crippen LogP) is 7.16. The fraction of sp³-hybridized carbons (Fsp3) is 0.0833. The summed E-state index contributed by atoms with van der Waals surface area (Å²) in [5.74, 6) is -0.200. The first-order chi connectivity index (χ1) is 22.8. The molecule has 11 heteroatoms. The van der Waals surface area contributed by atoms with E-state index in [1.165, 1.54) is 6.08 Å². The summed E-state index contributed by atoms with van der Waals surface area (Å²) in [5, 5.41) is 14.2. The van der Waals surface area contributed by atoms with Crippen molar-refractivity contribution in [1.29, 1.82) is 0 Å². The van der Waals surface area contributed by atoms with Crippen molar-refractivity contribution in [2.75, 3.05) is 36.6 Å². The zero-order valence-corrected chi connectivity index (χ0v) is 26.4. The van der Waals surface area contributed by atoms with Crippen LogP contribution in [0, 0.1) is 0 Å². The van der Waals surface area contributed by atoms with Crippen LogP contribution in [-0.2, 0) is 4.79 Å². The number of aromatic nitrogens is 4. The molecule has 0 saturated heterocycles. The van der Waals surface area contributed by atoms with Crippen LogP contribution in [0.3, 0.4) is 0 Å². The van der Waals surface area contributed by atoms with Crippen LogP contribution in [0.15, 0.2) is 122 Å². The van der Waals surface area contributed by atoms with Crippen LogP contribution < -0.4 is 16.0 Å². The third-order valence-electron chi connectivity index (χ3n) is 7.10. The molecule has 234 valence electrons. The highest BCUT2D eigenvalue weighted by Crippen LogP contribution is 2.38. The second kappa shape index (κ2) is 14.1. The van der Waals surface area contributed by atoms with Crippen molar-refractivity contribution >= 4 is 51.9 Å². The highest BCUT2D eigenvalue weighted by molar-refractivity contribution is 6.33. The van der Waals surface area contributed by atoms with Gasteiger partial charge in [0.05, 0.1) is 28.0 Å². The summed E-state index contributed by atoms with van der Waals surface area (Å²) in [6.07, 6.45) is 6.71. The minimum Gasteiger partial charge on any atom is -0.324 e. The maximum absolute atomic E-state index is 13.0. The van der Waals surface area contributed by atoms with Crippen molar-refractivity contribution in [3.05, 3.63) is 132 Å². The summed E-state index contributed by atoms with van der Waals surface area (Å²) in [4.78, 5) is 36.3. The van der Waals surface area contributed by atoms with E-state index < -0.39 is 0 Å². The van der Waals surface area contributed by atoms with Crippen molar-refractivity contribution in [3.63, 3.8) is 0 Å². The number of benzene rings is 3. The van der Waals surface area contributed by atoms with Crippen molar-refractivity contribution in [2.24, 2.45) is 0 Å². The lowest BCUT2D eigenvalue weighted by molar-refractivity contribution is -0.111. The van der Waals surface area contributed by atoms with Gasteiger partial charge in [-0.1, -0.05) is 60.1 Å². The summed E-state index contributed by atoms with van der Waals surface area (Å²) >= 11 is 6.69. The Labute approximate surface area is 276 Å². The number of halogens is 1. The summed E-state index contributed by atoms with van der Waals surface area (Å²) < 4.78 is 1.81. The Hall–Kier alpha value is -5.84. The predicted molar refractivity (Wildman–Crippen MR) is 187 cm³/mol. The largest absolute Gasteiger partial charge is 0.324 e. The van der Waals surface area contributed by atoms with Gasteiger partial charge in [-0.2, -0.15) is 5.10 Å². The molecule has 6 rings (SSSR count). The fourth-order valence-corrected chi connectivity index (χ4v) is 5.08. The van der Waals surface area contributed by atoms with Gasteiger partial charge in [-0.05, 0) is 68.7 Å². The summed E-state index contributed by atoms with van der Waals surface area (Å²) in [6.45, 7) is 0.662. The van der Waals surface area contributed by atoms with E-state index in [0.29, 0.717) is 45.8 Å². The van der Waals surface area contributed by atoms with Gasteiger partial charge in [0, 0.05) is 47.0 Å². The molecular formula is C36H31ClN8O2. The number of likely N-dealkylation sites (N-methyl/N-ethyl adjacent to an activating group) is 1. The molecule has 0 radical (unpaired) electrons. The molecular weight excluding hydrogens is 612 g/mol. The number of hydrogen-bond donors (Lipinski definition) is 3. The van der Waals surface area contributed by atoms with Gasteiger partial charge in [0.2, 0.25) is 11.9 Å². The average Bonchev–Trinajstić information content (AvgIpc) is 3.46. The Balaban J connectivity index is 1.18. The molecule has 0 unspecified atom stereocenters. The molecule has 0 spiro atoms. The van der Waals surface area contributed by atoms with E-state index >= 15 is 0 Å². The number of carbonyl (C=O) groups excluding carboxylic acids is 2. The normalized spacial score (nSPS) is 11.2. The smallest absolute Gasteiger partial charge is 0.255 e. The van der Waals surface area contributed by atoms with Crippen LogP contribution in [0.1, 0.15) is 10.4 Å². The zero-order valence-electron chi connectivity index (χ0n) is 25.7. The van der Waals surface area contributed by atoms with Crippen molar-refractivity contribution in [1.82, 2.24) is 24.5 Å². The number of rotatable bonds is 10. The molecule has 3 aromatic carbocycles. The average molecular weight is 643 g/mol. The topological polar surface area (TPSA) is 117 Å². The summed E-state index contributed by atoms with van der Waals surface area (Å²) in [6, 6.07) is 29.6. The number of nitrogens with zero attached hydrogens (tertiary/aromatic N) is 5. The van der Waals surface area contributed by atoms with Gasteiger partial charge in [-0.25, -0.2) is 14.5 Å². The molecule has 2 amide bonds. The number of pyridine rings is 1. The molecule has 0 aliphatic carbocycles. The summed E-state index contributed by atoms with van der Waals surface area (Å²) in [5.41, 5.74) is 6.15. The Morgan fingerprint density at radius 3 is 2.40 bits per heavy atom. The van der Waals surface area contributed by atoms with Crippen molar-refractivity contribution in [2.45, 2.75) is 0 Å². The number of fused-ring (bicyclic) bond motifs is 1. The van der Waals surface area contributed by atoms with E-state index in [-0.39, 0.29) is 11.8 Å². The molecule has 3 heterocycles. The molecule has 3 aromatic heterocycles. The first kappa shape index (κ1) is 31.2. The van der Waals surface area contributed by atoms with Gasteiger partial charge in [0.1, 0.15) is 5.69 Å². The van der Waals surface area contributed by atoms with Crippen LogP contribution in [0.4, 0.5) is 23.0 Å². The maximum Gasteiger partial charge on any atom is 0.255 e. The lowest BCUT2D eigenvalue weighted by Gasteiger charge is -2.11. The standard InChI is InChI=1S/C36H31ClN8O2/c1-44(2)20-9-15-31(46)39-26-18-16-25(17-19-26)35(47)40-27-12-8-13-28(22-27)41-36-38-23-29(37)34(42-36)32-30-14-6-7-21-45(30)43-33(32)24-10-4-3-5-11-24/h3-19,21-23H,20H2,1-2H3,(H,39,46)(H,40,47)(H,38,41,42)/b15-9+. The van der Waals surface area contributed by atoms with E-state index in [1.807, 2.05) is 90.4 Å². The third-order valence-corrected chi connectivity index (χ3v) is 7.38. The lowest BCUT2D eigenvalue weighted by atomic mass is 10.0. The third kappa shape index (κ3) is 7.52. The number of amides is 2. The summed E-state index contributed by atoms with van der Waals surface area (Å²) in [7, 11) is 3.85. The first-order valence-electron chi connectivity index (χ1n) is 14.8. The highest BCUT2D eigenvalue weighted by Gasteiger charge is 2.21. The van der Waals surface area contributed by atoms with Crippen LogP contribution in [-0.4, -0.2) is 56.9 Å². The zero-order chi connectivity index (χ0) is 32.8. The quantitative estimate of drug-likeness (QED) is 0.136. The van der Waals surface area contributed by atoms with Gasteiger partial charge in [-0.15, -0.1) is 0 Å². The van der Waals surface area contributed by atoms with E-state index in [4.69, 9.17) is 21.7 Å². The molecule has 3 N–H and O–H groups in total. The molecule has 0 bridgehead atoms. The van der Waals surface area contributed by atoms with Crippen molar-refractivity contribution in [3.8, 4) is 22.5 Å². The molecule has 0 aliphatic rings. The second-order valence-corrected chi connectivity index (χ2v) is 11.3. The molecule has 47 heavy (non-hydrogen) atoms. The molecule has 0 atom stereocenters. The monoisotopic (exact) mass is 642 g/mol. The molecule has 0 saturated carbocycles. The second-order valence-electron chi connectivity index (χ2n) is 10.9. The maximum atomic E-state index is 13.0. The number of anilines is 4. The Kier molecular flexibility index (Phi) is 9.33. The molecule has 0 aliphatic heterocycles. The Bertz CT molecular complexity index is 2080.